The van der Waals surface area contributed by atoms with Gasteiger partial charge in [-0.3, -0.25) is 0 Å². The number of halogens is 1. The summed E-state index contributed by atoms with van der Waals surface area (Å²) in [5, 5.41) is 0. The lowest BCUT2D eigenvalue weighted by atomic mass is 10.1. The van der Waals surface area contributed by atoms with Crippen molar-refractivity contribution in [3.8, 4) is 5.75 Å². The Morgan fingerprint density at radius 1 is 1.32 bits per heavy atom. The highest BCUT2D eigenvalue weighted by atomic mass is 127. The molecule has 2 nitrogen and oxygen atoms in total. The summed E-state index contributed by atoms with van der Waals surface area (Å²) in [6, 6.07) is 12.3. The number of hydrogen-bond donors (Lipinski definition) is 1. The maximum absolute atomic E-state index is 6.22. The van der Waals surface area contributed by atoms with Crippen molar-refractivity contribution in [2.75, 3.05) is 0 Å². The van der Waals surface area contributed by atoms with E-state index in [1.165, 1.54) is 13.3 Å². The molecule has 0 fully saturated rings. The van der Waals surface area contributed by atoms with E-state index in [0.717, 1.165) is 12.2 Å². The highest BCUT2D eigenvalue weighted by Gasteiger charge is 2.22. The maximum Gasteiger partial charge on any atom is 0.148 e. The first-order valence-electron chi connectivity index (χ1n) is 6.34. The van der Waals surface area contributed by atoms with E-state index in [-0.39, 0.29) is 12.1 Å². The highest BCUT2D eigenvalue weighted by molar-refractivity contribution is 14.1. The Bertz CT molecular complexity index is 540. The third-order valence-corrected chi connectivity index (χ3v) is 4.69. The van der Waals surface area contributed by atoms with E-state index in [0.29, 0.717) is 0 Å². The van der Waals surface area contributed by atoms with Crippen LogP contribution in [0.1, 0.15) is 29.2 Å². The molecule has 0 bridgehead atoms. The van der Waals surface area contributed by atoms with Gasteiger partial charge in [0.15, 0.2) is 0 Å². The first-order chi connectivity index (χ1) is 9.10. The van der Waals surface area contributed by atoms with Crippen LogP contribution in [0.5, 0.6) is 5.75 Å². The van der Waals surface area contributed by atoms with Gasteiger partial charge in [-0.1, -0.05) is 13.0 Å². The monoisotopic (exact) mass is 387 g/mol. The summed E-state index contributed by atoms with van der Waals surface area (Å²) < 4.78 is 7.30. The molecule has 0 saturated heterocycles. The van der Waals surface area contributed by atoms with Gasteiger partial charge < -0.3 is 10.5 Å². The Balaban J connectivity index is 2.24. The minimum atomic E-state index is -0.0677. The van der Waals surface area contributed by atoms with Crippen molar-refractivity contribution in [2.24, 2.45) is 5.73 Å². The van der Waals surface area contributed by atoms with Gasteiger partial charge in [-0.05, 0) is 66.3 Å². The van der Waals surface area contributed by atoms with Crippen LogP contribution in [0.4, 0.5) is 0 Å². The standard InChI is InChI=1S/C15H18INOS/c1-3-13(17)15(14-8-7-10(2)19-14)18-12-6-4-5-11(16)9-12/h4-9,13,15H,3,17H2,1-2H3. The van der Waals surface area contributed by atoms with Crippen LogP contribution in [0.2, 0.25) is 0 Å². The van der Waals surface area contributed by atoms with Crippen molar-refractivity contribution in [2.45, 2.75) is 32.4 Å². The molecule has 1 aromatic heterocycles. The van der Waals surface area contributed by atoms with Crippen LogP contribution in [0.15, 0.2) is 36.4 Å². The molecule has 2 atom stereocenters. The van der Waals surface area contributed by atoms with Gasteiger partial charge in [0.05, 0.1) is 0 Å². The molecule has 2 N–H and O–H groups in total. The smallest absolute Gasteiger partial charge is 0.148 e. The Hall–Kier alpha value is -0.590. The van der Waals surface area contributed by atoms with Crippen LogP contribution in [-0.4, -0.2) is 6.04 Å². The van der Waals surface area contributed by atoms with Gasteiger partial charge in [-0.15, -0.1) is 11.3 Å². The van der Waals surface area contributed by atoms with Crippen molar-refractivity contribution in [3.05, 3.63) is 49.7 Å². The lowest BCUT2D eigenvalue weighted by Crippen LogP contribution is -2.30. The van der Waals surface area contributed by atoms with Crippen LogP contribution >= 0.6 is 33.9 Å². The Kier molecular flexibility index (Phi) is 5.24. The summed E-state index contributed by atoms with van der Waals surface area (Å²) in [7, 11) is 0. The van der Waals surface area contributed by atoms with Crippen LogP contribution in [0.3, 0.4) is 0 Å². The molecule has 0 aliphatic heterocycles. The number of ether oxygens (including phenoxy) is 1. The fourth-order valence-electron chi connectivity index (χ4n) is 1.86. The first kappa shape index (κ1) is 14.8. The highest BCUT2D eigenvalue weighted by Crippen LogP contribution is 2.30. The second kappa shape index (κ2) is 6.72. The zero-order valence-corrected chi connectivity index (χ0v) is 14.1. The molecule has 2 unspecified atom stereocenters. The second-order valence-corrected chi connectivity index (χ2v) is 7.08. The van der Waals surface area contributed by atoms with E-state index < -0.39 is 0 Å². The van der Waals surface area contributed by atoms with Crippen LogP contribution in [0.25, 0.3) is 0 Å². The molecule has 0 aliphatic rings. The Morgan fingerprint density at radius 3 is 2.68 bits per heavy atom. The number of rotatable bonds is 5. The molecule has 0 spiro atoms. The fourth-order valence-corrected chi connectivity index (χ4v) is 3.36. The summed E-state index contributed by atoms with van der Waals surface area (Å²) >= 11 is 4.05. The third-order valence-electron chi connectivity index (χ3n) is 2.96. The van der Waals surface area contributed by atoms with Crippen LogP contribution < -0.4 is 10.5 Å². The normalized spacial score (nSPS) is 14.1. The van der Waals surface area contributed by atoms with Gasteiger partial charge in [0.1, 0.15) is 11.9 Å². The largest absolute Gasteiger partial charge is 0.483 e. The molecule has 1 heterocycles. The minimum absolute atomic E-state index is 0.0101. The SMILES string of the molecule is CCC(N)C(Oc1cccc(I)c1)c1ccc(C)s1. The fraction of sp³-hybridized carbons (Fsp3) is 0.333. The van der Waals surface area contributed by atoms with E-state index in [4.69, 9.17) is 10.5 Å². The first-order valence-corrected chi connectivity index (χ1v) is 8.24. The van der Waals surface area contributed by atoms with E-state index in [1.807, 2.05) is 18.2 Å². The number of aryl methyl sites for hydroxylation is 1. The van der Waals surface area contributed by atoms with Gasteiger partial charge in [0.25, 0.3) is 0 Å². The molecule has 0 amide bonds. The molecule has 2 aromatic rings. The maximum atomic E-state index is 6.22. The number of benzene rings is 1. The second-order valence-electron chi connectivity index (χ2n) is 4.52. The third kappa shape index (κ3) is 3.94. The van der Waals surface area contributed by atoms with Crippen LogP contribution in [-0.2, 0) is 0 Å². The molecule has 2 rings (SSSR count). The molecule has 4 heteroatoms. The summed E-state index contributed by atoms with van der Waals surface area (Å²) in [6.45, 7) is 4.20. The van der Waals surface area contributed by atoms with Crippen molar-refractivity contribution in [3.63, 3.8) is 0 Å². The Morgan fingerprint density at radius 2 is 2.11 bits per heavy atom. The Labute approximate surface area is 132 Å². The average Bonchev–Trinajstić information content (AvgIpc) is 2.81. The van der Waals surface area contributed by atoms with Crippen LogP contribution in [0, 0.1) is 10.5 Å². The van der Waals surface area contributed by atoms with E-state index in [1.54, 1.807) is 11.3 Å². The lowest BCUT2D eigenvalue weighted by Gasteiger charge is -2.23. The van der Waals surface area contributed by atoms with Crippen molar-refractivity contribution < 1.29 is 4.74 Å². The minimum Gasteiger partial charge on any atom is -0.483 e. The summed E-state index contributed by atoms with van der Waals surface area (Å²) in [6.07, 6.45) is 0.827. The zero-order chi connectivity index (χ0) is 13.8. The van der Waals surface area contributed by atoms with Gasteiger partial charge in [0, 0.05) is 19.4 Å². The summed E-state index contributed by atoms with van der Waals surface area (Å²) in [5.74, 6) is 0.881. The average molecular weight is 387 g/mol. The topological polar surface area (TPSA) is 35.2 Å². The molecular formula is C15H18INOS. The molecular weight excluding hydrogens is 369 g/mol. The summed E-state index contributed by atoms with van der Waals surface area (Å²) in [4.78, 5) is 2.49. The van der Waals surface area contributed by atoms with Gasteiger partial charge in [0.2, 0.25) is 0 Å². The van der Waals surface area contributed by atoms with E-state index >= 15 is 0 Å². The van der Waals surface area contributed by atoms with E-state index in [2.05, 4.69) is 54.6 Å². The molecule has 102 valence electrons. The number of hydrogen-bond acceptors (Lipinski definition) is 3. The summed E-state index contributed by atoms with van der Waals surface area (Å²) in [5.41, 5.74) is 6.22. The molecule has 1 aromatic carbocycles. The molecule has 19 heavy (non-hydrogen) atoms. The zero-order valence-electron chi connectivity index (χ0n) is 11.1. The van der Waals surface area contributed by atoms with Crippen molar-refractivity contribution >= 4 is 33.9 Å². The van der Waals surface area contributed by atoms with Crippen molar-refractivity contribution in [1.82, 2.24) is 0 Å². The van der Waals surface area contributed by atoms with Gasteiger partial charge in [-0.25, -0.2) is 0 Å². The predicted molar refractivity (Wildman–Crippen MR) is 89.9 cm³/mol. The quantitative estimate of drug-likeness (QED) is 0.766. The number of thiophene rings is 1. The van der Waals surface area contributed by atoms with E-state index in [9.17, 15) is 0 Å². The van der Waals surface area contributed by atoms with Gasteiger partial charge in [-0.2, -0.15) is 0 Å². The predicted octanol–water partition coefficient (Wildman–Crippen LogP) is 4.52. The molecule has 0 radical (unpaired) electrons. The lowest BCUT2D eigenvalue weighted by molar-refractivity contribution is 0.174. The molecule has 0 aliphatic carbocycles. The van der Waals surface area contributed by atoms with Gasteiger partial charge >= 0.3 is 0 Å². The van der Waals surface area contributed by atoms with Crippen molar-refractivity contribution in [1.29, 1.82) is 0 Å². The molecule has 0 saturated carbocycles. The number of nitrogens with two attached hydrogens (primary N) is 1.